The van der Waals surface area contributed by atoms with Gasteiger partial charge >= 0.3 is 6.18 Å². The van der Waals surface area contributed by atoms with Crippen LogP contribution in [0.4, 0.5) is 13.2 Å². The van der Waals surface area contributed by atoms with Crippen LogP contribution in [0.15, 0.2) is 36.0 Å². The first kappa shape index (κ1) is 13.4. The lowest BCUT2D eigenvalue weighted by atomic mass is 9.92. The summed E-state index contributed by atoms with van der Waals surface area (Å²) in [5.74, 6) is -0.427. The number of alkyl halides is 3. The van der Waals surface area contributed by atoms with Crippen LogP contribution in [0, 0.1) is 17.8 Å². The molecule has 0 aliphatic heterocycles. The van der Waals surface area contributed by atoms with E-state index in [0.29, 0.717) is 11.8 Å². The van der Waals surface area contributed by atoms with Gasteiger partial charge in [-0.25, -0.2) is 0 Å². The van der Waals surface area contributed by atoms with E-state index in [1.54, 1.807) is 6.08 Å². The summed E-state index contributed by atoms with van der Waals surface area (Å²) in [4.78, 5) is 0. The van der Waals surface area contributed by atoms with Crippen molar-refractivity contribution >= 4 is 0 Å². The number of halogens is 3. The predicted molar refractivity (Wildman–Crippen MR) is 67.0 cm³/mol. The molecular weight excluding hydrogens is 237 g/mol. The normalized spacial score (nSPS) is 32.4. The van der Waals surface area contributed by atoms with Crippen molar-refractivity contribution in [3.05, 3.63) is 36.0 Å². The molecule has 1 fully saturated rings. The van der Waals surface area contributed by atoms with Crippen LogP contribution in [-0.2, 0) is 0 Å². The van der Waals surface area contributed by atoms with E-state index in [2.05, 4.69) is 6.92 Å². The lowest BCUT2D eigenvalue weighted by Crippen LogP contribution is -2.19. The predicted octanol–water partition coefficient (Wildman–Crippen LogP) is 5.04. The van der Waals surface area contributed by atoms with Gasteiger partial charge in [0.25, 0.3) is 0 Å². The molecule has 0 N–H and O–H groups in total. The summed E-state index contributed by atoms with van der Waals surface area (Å²) in [7, 11) is 0. The summed E-state index contributed by atoms with van der Waals surface area (Å²) < 4.78 is 38.4. The van der Waals surface area contributed by atoms with E-state index in [-0.39, 0.29) is 0 Å². The molecule has 18 heavy (non-hydrogen) atoms. The van der Waals surface area contributed by atoms with Gasteiger partial charge in [-0.3, -0.25) is 0 Å². The van der Waals surface area contributed by atoms with Crippen molar-refractivity contribution in [2.45, 2.75) is 38.8 Å². The van der Waals surface area contributed by atoms with Crippen LogP contribution >= 0.6 is 0 Å². The van der Waals surface area contributed by atoms with Gasteiger partial charge in [-0.2, -0.15) is 13.2 Å². The van der Waals surface area contributed by atoms with Gasteiger partial charge in [0.2, 0.25) is 0 Å². The number of allylic oxidation sites excluding steroid dienone is 6. The van der Waals surface area contributed by atoms with Crippen molar-refractivity contribution in [1.29, 1.82) is 0 Å². The summed E-state index contributed by atoms with van der Waals surface area (Å²) >= 11 is 0. The van der Waals surface area contributed by atoms with Crippen molar-refractivity contribution in [3.8, 4) is 0 Å². The fraction of sp³-hybridized carbons (Fsp3) is 0.600. The first-order valence-electron chi connectivity index (χ1n) is 6.64. The fourth-order valence-corrected chi connectivity index (χ4v) is 2.89. The molecule has 0 heterocycles. The Morgan fingerprint density at radius 3 is 2.61 bits per heavy atom. The minimum Gasteiger partial charge on any atom is -0.170 e. The smallest absolute Gasteiger partial charge is 0.170 e. The second-order valence-electron chi connectivity index (χ2n) is 5.26. The minimum absolute atomic E-state index is 0.316. The molecule has 3 atom stereocenters. The Morgan fingerprint density at radius 1 is 1.22 bits per heavy atom. The molecule has 100 valence electrons. The number of hydrogen-bond acceptors (Lipinski definition) is 0. The maximum atomic E-state index is 12.8. The summed E-state index contributed by atoms with van der Waals surface area (Å²) in [6.07, 6.45) is 7.91. The van der Waals surface area contributed by atoms with E-state index in [0.717, 1.165) is 31.3 Å². The van der Waals surface area contributed by atoms with Gasteiger partial charge in [0.05, 0.1) is 5.92 Å². The molecule has 0 aromatic rings. The fourth-order valence-electron chi connectivity index (χ4n) is 2.89. The molecule has 0 radical (unpaired) electrons. The standard InChI is InChI=1S/C15H19F3/c1-2-11-7-8-13(9-11)12-5-3-4-6-14(10-12)15(16,17)18/h3-6,10-11,13-14H,2,7-9H2,1H3. The van der Waals surface area contributed by atoms with E-state index < -0.39 is 12.1 Å². The van der Waals surface area contributed by atoms with Crippen molar-refractivity contribution in [2.75, 3.05) is 0 Å². The van der Waals surface area contributed by atoms with Gasteiger partial charge in [0.1, 0.15) is 0 Å². The maximum Gasteiger partial charge on any atom is 0.398 e. The van der Waals surface area contributed by atoms with Crippen LogP contribution in [-0.4, -0.2) is 6.18 Å². The molecule has 0 aromatic carbocycles. The van der Waals surface area contributed by atoms with E-state index >= 15 is 0 Å². The van der Waals surface area contributed by atoms with Crippen LogP contribution in [0.25, 0.3) is 0 Å². The van der Waals surface area contributed by atoms with E-state index in [1.165, 1.54) is 18.2 Å². The Kier molecular flexibility index (Phi) is 3.98. The van der Waals surface area contributed by atoms with Gasteiger partial charge in [0, 0.05) is 0 Å². The van der Waals surface area contributed by atoms with Crippen LogP contribution in [0.3, 0.4) is 0 Å². The topological polar surface area (TPSA) is 0 Å². The zero-order valence-corrected chi connectivity index (χ0v) is 10.6. The summed E-state index contributed by atoms with van der Waals surface area (Å²) in [6, 6.07) is 0. The zero-order chi connectivity index (χ0) is 13.2. The van der Waals surface area contributed by atoms with E-state index in [4.69, 9.17) is 0 Å². The highest BCUT2D eigenvalue weighted by molar-refractivity contribution is 5.31. The van der Waals surface area contributed by atoms with Gasteiger partial charge in [0.15, 0.2) is 0 Å². The second-order valence-corrected chi connectivity index (χ2v) is 5.26. The van der Waals surface area contributed by atoms with Gasteiger partial charge in [-0.15, -0.1) is 0 Å². The number of rotatable bonds is 2. The van der Waals surface area contributed by atoms with Crippen LogP contribution in [0.5, 0.6) is 0 Å². The number of hydrogen-bond donors (Lipinski definition) is 0. The molecule has 0 aromatic heterocycles. The molecule has 0 bridgehead atoms. The molecule has 3 heteroatoms. The molecule has 0 spiro atoms. The van der Waals surface area contributed by atoms with Gasteiger partial charge < -0.3 is 0 Å². The highest BCUT2D eigenvalue weighted by atomic mass is 19.4. The van der Waals surface area contributed by atoms with E-state index in [1.807, 2.05) is 6.08 Å². The van der Waals surface area contributed by atoms with Crippen molar-refractivity contribution in [3.63, 3.8) is 0 Å². The monoisotopic (exact) mass is 256 g/mol. The quantitative estimate of drug-likeness (QED) is 0.649. The molecule has 3 unspecified atom stereocenters. The van der Waals surface area contributed by atoms with Crippen molar-refractivity contribution in [1.82, 2.24) is 0 Å². The highest BCUT2D eigenvalue weighted by Crippen LogP contribution is 2.40. The van der Waals surface area contributed by atoms with Gasteiger partial charge in [-0.1, -0.05) is 43.7 Å². The molecule has 2 aliphatic carbocycles. The first-order chi connectivity index (χ1) is 8.50. The zero-order valence-electron chi connectivity index (χ0n) is 10.6. The second kappa shape index (κ2) is 5.33. The lowest BCUT2D eigenvalue weighted by molar-refractivity contribution is -0.148. The minimum atomic E-state index is -4.17. The SMILES string of the molecule is CCC1CCC(C2=CC(C(F)(F)F)C=CC=C2)C1. The third-order valence-corrected chi connectivity index (χ3v) is 4.06. The third-order valence-electron chi connectivity index (χ3n) is 4.06. The van der Waals surface area contributed by atoms with Gasteiger partial charge in [-0.05, 0) is 36.7 Å². The highest BCUT2D eigenvalue weighted by Gasteiger charge is 2.37. The Labute approximate surface area is 106 Å². The molecule has 0 nitrogen and oxygen atoms in total. The average Bonchev–Trinajstić information content (AvgIpc) is 2.64. The van der Waals surface area contributed by atoms with E-state index in [9.17, 15) is 13.2 Å². The molecule has 2 rings (SSSR count). The van der Waals surface area contributed by atoms with Crippen LogP contribution in [0.1, 0.15) is 32.6 Å². The van der Waals surface area contributed by atoms with Crippen molar-refractivity contribution < 1.29 is 13.2 Å². The Balaban J connectivity index is 2.14. The Morgan fingerprint density at radius 2 is 2.00 bits per heavy atom. The maximum absolute atomic E-state index is 12.8. The molecular formula is C15H19F3. The van der Waals surface area contributed by atoms with Crippen LogP contribution < -0.4 is 0 Å². The summed E-state index contributed by atoms with van der Waals surface area (Å²) in [6.45, 7) is 2.16. The Hall–Kier alpha value is -0.990. The Bertz CT molecular complexity index is 374. The summed E-state index contributed by atoms with van der Waals surface area (Å²) in [5, 5.41) is 0. The van der Waals surface area contributed by atoms with Crippen LogP contribution in [0.2, 0.25) is 0 Å². The van der Waals surface area contributed by atoms with Crippen molar-refractivity contribution in [2.24, 2.45) is 17.8 Å². The molecule has 1 saturated carbocycles. The third kappa shape index (κ3) is 3.06. The average molecular weight is 256 g/mol. The molecule has 2 aliphatic rings. The molecule has 0 amide bonds. The lowest BCUT2D eigenvalue weighted by Gasteiger charge is -2.16. The summed E-state index contributed by atoms with van der Waals surface area (Å²) in [5.41, 5.74) is 0.873. The first-order valence-corrected chi connectivity index (χ1v) is 6.64. The molecule has 0 saturated heterocycles. The largest absolute Gasteiger partial charge is 0.398 e.